The SMILES string of the molecule is COC[C@@H]1CCCN1C[C@@H]1O[C@H](c2ccc(-c3ccccc3CNC(=O)NCc3ccccc3)cc2)O[C@H](c2ccc(CO)cc2)[C@@H]1C. The molecule has 5 atom stereocenters. The van der Waals surface area contributed by atoms with E-state index in [2.05, 4.69) is 64.9 Å². The van der Waals surface area contributed by atoms with Crippen LogP contribution in [0.15, 0.2) is 103 Å². The second kappa shape index (κ2) is 16.4. The molecule has 0 spiro atoms. The molecular formula is C40H47N3O5. The van der Waals surface area contributed by atoms with Crippen LogP contribution in [-0.2, 0) is 33.9 Å². The maximum Gasteiger partial charge on any atom is 0.315 e. The van der Waals surface area contributed by atoms with Gasteiger partial charge in [0, 0.05) is 44.3 Å². The van der Waals surface area contributed by atoms with Crippen LogP contribution in [0.4, 0.5) is 4.79 Å². The van der Waals surface area contributed by atoms with Crippen LogP contribution in [0.3, 0.4) is 0 Å². The molecule has 0 unspecified atom stereocenters. The summed E-state index contributed by atoms with van der Waals surface area (Å²) in [6.45, 7) is 5.69. The molecule has 0 aliphatic carbocycles. The number of hydrogen-bond donors (Lipinski definition) is 3. The van der Waals surface area contributed by atoms with Crippen molar-refractivity contribution in [1.82, 2.24) is 15.5 Å². The Morgan fingerprint density at radius 1 is 0.854 bits per heavy atom. The van der Waals surface area contributed by atoms with Crippen molar-refractivity contribution in [2.75, 3.05) is 26.8 Å². The fraction of sp³-hybridized carbons (Fsp3) is 0.375. The number of nitrogens with one attached hydrogen (secondary N) is 2. The zero-order chi connectivity index (χ0) is 33.3. The van der Waals surface area contributed by atoms with Crippen LogP contribution in [-0.4, -0.2) is 55.0 Å². The first-order valence-electron chi connectivity index (χ1n) is 17.0. The topological polar surface area (TPSA) is 92.3 Å². The Morgan fingerprint density at radius 2 is 1.56 bits per heavy atom. The highest BCUT2D eigenvalue weighted by Gasteiger charge is 2.40. The van der Waals surface area contributed by atoms with Gasteiger partial charge in [0.25, 0.3) is 0 Å². The van der Waals surface area contributed by atoms with Gasteiger partial charge >= 0.3 is 6.03 Å². The Bertz CT molecular complexity index is 1600. The van der Waals surface area contributed by atoms with E-state index < -0.39 is 6.29 Å². The van der Waals surface area contributed by atoms with E-state index in [4.69, 9.17) is 14.2 Å². The highest BCUT2D eigenvalue weighted by Crippen LogP contribution is 2.42. The van der Waals surface area contributed by atoms with Crippen LogP contribution in [0.1, 0.15) is 60.0 Å². The highest BCUT2D eigenvalue weighted by atomic mass is 16.7. The van der Waals surface area contributed by atoms with Crippen molar-refractivity contribution in [3.63, 3.8) is 0 Å². The Balaban J connectivity index is 1.17. The van der Waals surface area contributed by atoms with Gasteiger partial charge in [0.2, 0.25) is 0 Å². The Morgan fingerprint density at radius 3 is 2.31 bits per heavy atom. The van der Waals surface area contributed by atoms with Gasteiger partial charge in [-0.2, -0.15) is 0 Å². The first kappa shape index (κ1) is 33.8. The maximum atomic E-state index is 12.6. The fourth-order valence-corrected chi connectivity index (χ4v) is 6.87. The zero-order valence-electron chi connectivity index (χ0n) is 27.9. The molecule has 2 saturated heterocycles. The summed E-state index contributed by atoms with van der Waals surface area (Å²) in [6.07, 6.45) is 1.57. The predicted molar refractivity (Wildman–Crippen MR) is 187 cm³/mol. The third-order valence-electron chi connectivity index (χ3n) is 9.64. The molecule has 0 bridgehead atoms. The van der Waals surface area contributed by atoms with Crippen molar-refractivity contribution in [3.05, 3.63) is 131 Å². The molecule has 48 heavy (non-hydrogen) atoms. The van der Waals surface area contributed by atoms with Crippen LogP contribution >= 0.6 is 0 Å². The predicted octanol–water partition coefficient (Wildman–Crippen LogP) is 6.75. The normalized spacial score (nSPS) is 22.8. The molecule has 2 amide bonds. The van der Waals surface area contributed by atoms with E-state index >= 15 is 0 Å². The number of amides is 2. The number of carbonyl (C=O) groups excluding carboxylic acids is 1. The standard InChI is InChI=1S/C40H47N3O5/c1-28-37(25-43-22-8-12-35(43)27-46-2)47-39(48-38(28)32-16-14-30(26-44)15-17-32)33-20-18-31(19-21-33)36-13-7-6-11-34(36)24-42-40(45)41-23-29-9-4-3-5-10-29/h3-7,9-11,13-21,28,35,37-39,44H,8,12,22-27H2,1-2H3,(H2,41,42,45)/t28-,35+,37+,38+,39+/m1/s1. The number of urea groups is 1. The molecule has 6 rings (SSSR count). The van der Waals surface area contributed by atoms with E-state index in [1.807, 2.05) is 60.7 Å². The van der Waals surface area contributed by atoms with Crippen LogP contribution < -0.4 is 10.6 Å². The molecule has 0 aromatic heterocycles. The van der Waals surface area contributed by atoms with Crippen molar-refractivity contribution in [1.29, 1.82) is 0 Å². The molecule has 4 aromatic rings. The summed E-state index contributed by atoms with van der Waals surface area (Å²) in [4.78, 5) is 15.1. The van der Waals surface area contributed by atoms with E-state index in [0.717, 1.165) is 71.5 Å². The Labute approximate surface area is 284 Å². The molecule has 252 valence electrons. The summed E-state index contributed by atoms with van der Waals surface area (Å²) >= 11 is 0. The molecule has 0 saturated carbocycles. The third kappa shape index (κ3) is 8.32. The van der Waals surface area contributed by atoms with Gasteiger partial charge in [0.05, 0.1) is 25.4 Å². The number of aliphatic hydroxyl groups excluding tert-OH is 1. The lowest BCUT2D eigenvalue weighted by Crippen LogP contribution is -2.46. The minimum Gasteiger partial charge on any atom is -0.392 e. The van der Waals surface area contributed by atoms with Gasteiger partial charge in [-0.05, 0) is 52.8 Å². The summed E-state index contributed by atoms with van der Waals surface area (Å²) in [6, 6.07) is 34.6. The smallest absolute Gasteiger partial charge is 0.315 e. The minimum absolute atomic E-state index is 0.0125. The van der Waals surface area contributed by atoms with Crippen molar-refractivity contribution >= 4 is 6.03 Å². The second-order valence-electron chi connectivity index (χ2n) is 12.9. The molecule has 0 radical (unpaired) electrons. The van der Waals surface area contributed by atoms with E-state index in [9.17, 15) is 9.90 Å². The summed E-state index contributed by atoms with van der Waals surface area (Å²) in [7, 11) is 1.77. The van der Waals surface area contributed by atoms with E-state index in [1.54, 1.807) is 7.11 Å². The van der Waals surface area contributed by atoms with Crippen LogP contribution in [0.25, 0.3) is 11.1 Å². The minimum atomic E-state index is -0.531. The van der Waals surface area contributed by atoms with Gasteiger partial charge < -0.3 is 30.0 Å². The Hall–Kier alpha value is -4.05. The van der Waals surface area contributed by atoms with Crippen molar-refractivity contribution in [2.24, 2.45) is 5.92 Å². The molecule has 2 fully saturated rings. The zero-order valence-corrected chi connectivity index (χ0v) is 27.9. The summed E-state index contributed by atoms with van der Waals surface area (Å²) in [5.41, 5.74) is 7.11. The second-order valence-corrected chi connectivity index (χ2v) is 12.9. The summed E-state index contributed by atoms with van der Waals surface area (Å²) < 4.78 is 19.0. The average Bonchev–Trinajstić information content (AvgIpc) is 3.57. The number of benzene rings is 4. The number of methoxy groups -OCH3 is 1. The average molecular weight is 650 g/mol. The van der Waals surface area contributed by atoms with Crippen molar-refractivity contribution < 1.29 is 24.1 Å². The summed E-state index contributed by atoms with van der Waals surface area (Å²) in [5.74, 6) is 0.119. The highest BCUT2D eigenvalue weighted by molar-refractivity contribution is 5.75. The van der Waals surface area contributed by atoms with E-state index in [1.165, 1.54) is 0 Å². The molecule has 3 N–H and O–H groups in total. The molecule has 2 heterocycles. The molecule has 2 aliphatic rings. The largest absolute Gasteiger partial charge is 0.392 e. The maximum absolute atomic E-state index is 12.6. The van der Waals surface area contributed by atoms with E-state index in [0.29, 0.717) is 19.1 Å². The first-order valence-corrected chi connectivity index (χ1v) is 17.0. The lowest BCUT2D eigenvalue weighted by Gasteiger charge is -2.43. The number of likely N-dealkylation sites (tertiary alicyclic amines) is 1. The van der Waals surface area contributed by atoms with Gasteiger partial charge in [-0.15, -0.1) is 0 Å². The molecule has 2 aliphatic heterocycles. The number of rotatable bonds is 12. The van der Waals surface area contributed by atoms with E-state index in [-0.39, 0.29) is 30.8 Å². The number of ether oxygens (including phenoxy) is 3. The van der Waals surface area contributed by atoms with Gasteiger partial charge in [-0.1, -0.05) is 110 Å². The fourth-order valence-electron chi connectivity index (χ4n) is 6.87. The third-order valence-corrected chi connectivity index (χ3v) is 9.64. The quantitative estimate of drug-likeness (QED) is 0.157. The molecular weight excluding hydrogens is 602 g/mol. The molecule has 4 aromatic carbocycles. The number of carbonyl (C=O) groups is 1. The molecule has 8 heteroatoms. The van der Waals surface area contributed by atoms with Crippen LogP contribution in [0, 0.1) is 5.92 Å². The van der Waals surface area contributed by atoms with Gasteiger partial charge in [0.15, 0.2) is 6.29 Å². The Kier molecular flexibility index (Phi) is 11.5. The van der Waals surface area contributed by atoms with Crippen LogP contribution in [0.2, 0.25) is 0 Å². The summed E-state index contributed by atoms with van der Waals surface area (Å²) in [5, 5.41) is 15.5. The first-order chi connectivity index (χ1) is 23.5. The van der Waals surface area contributed by atoms with Gasteiger partial charge in [-0.3, -0.25) is 4.90 Å². The lowest BCUT2D eigenvalue weighted by molar-refractivity contribution is -0.276. The van der Waals surface area contributed by atoms with Crippen molar-refractivity contribution in [2.45, 2.75) is 64.0 Å². The molecule has 8 nitrogen and oxygen atoms in total. The number of hydrogen-bond acceptors (Lipinski definition) is 6. The number of aliphatic hydroxyl groups is 1. The monoisotopic (exact) mass is 649 g/mol. The van der Waals surface area contributed by atoms with Crippen LogP contribution in [0.5, 0.6) is 0 Å². The van der Waals surface area contributed by atoms with Gasteiger partial charge in [0.1, 0.15) is 0 Å². The van der Waals surface area contributed by atoms with Gasteiger partial charge in [-0.25, -0.2) is 4.79 Å². The number of nitrogens with zero attached hydrogens (tertiary/aromatic N) is 1. The van der Waals surface area contributed by atoms with Crippen molar-refractivity contribution in [3.8, 4) is 11.1 Å². The lowest BCUT2D eigenvalue weighted by atomic mass is 9.89.